The van der Waals surface area contributed by atoms with Crippen LogP contribution in [0.1, 0.15) is 46.7 Å². The summed E-state index contributed by atoms with van der Waals surface area (Å²) in [5.74, 6) is -2.66. The maximum absolute atomic E-state index is 13.9. The average molecular weight is 477 g/mol. The van der Waals surface area contributed by atoms with Gasteiger partial charge in [-0.25, -0.2) is 14.0 Å². The maximum atomic E-state index is 13.9. The molecular formula is C27H25FN2O5. The monoisotopic (exact) mass is 476 g/mol. The zero-order valence-corrected chi connectivity index (χ0v) is 18.9. The minimum Gasteiger partial charge on any atom is -0.478 e. The van der Waals surface area contributed by atoms with Crippen LogP contribution in [0.5, 0.6) is 0 Å². The average Bonchev–Trinajstić information content (AvgIpc) is 3.17. The van der Waals surface area contributed by atoms with E-state index < -0.39 is 23.8 Å². The lowest BCUT2D eigenvalue weighted by Crippen LogP contribution is -2.27. The van der Waals surface area contributed by atoms with Gasteiger partial charge < -0.3 is 20.5 Å². The highest BCUT2D eigenvalue weighted by molar-refractivity contribution is 6.00. The molecule has 0 fully saturated rings. The Morgan fingerprint density at radius 2 is 1.54 bits per heavy atom. The van der Waals surface area contributed by atoms with Crippen molar-refractivity contribution in [3.05, 3.63) is 89.2 Å². The molecule has 1 aliphatic rings. The Bertz CT molecular complexity index is 1210. The molecule has 0 atom stereocenters. The van der Waals surface area contributed by atoms with E-state index in [4.69, 9.17) is 9.84 Å². The molecule has 7 nitrogen and oxygen atoms in total. The highest BCUT2D eigenvalue weighted by Gasteiger charge is 2.28. The summed E-state index contributed by atoms with van der Waals surface area (Å²) in [6.45, 7) is 0.529. The van der Waals surface area contributed by atoms with Gasteiger partial charge in [-0.3, -0.25) is 4.79 Å². The fourth-order valence-corrected chi connectivity index (χ4v) is 4.28. The first-order valence-corrected chi connectivity index (χ1v) is 11.4. The molecule has 0 radical (unpaired) electrons. The van der Waals surface area contributed by atoms with E-state index in [1.807, 2.05) is 36.4 Å². The normalized spacial score (nSPS) is 11.9. The predicted molar refractivity (Wildman–Crippen MR) is 129 cm³/mol. The molecule has 3 aromatic rings. The molecular weight excluding hydrogens is 451 g/mol. The molecule has 3 N–H and O–H groups in total. The van der Waals surface area contributed by atoms with Crippen LogP contribution in [-0.2, 0) is 9.53 Å². The van der Waals surface area contributed by atoms with E-state index in [0.29, 0.717) is 19.4 Å². The Balaban J connectivity index is 1.19. The molecule has 0 heterocycles. The van der Waals surface area contributed by atoms with Gasteiger partial charge in [0.25, 0.3) is 0 Å². The van der Waals surface area contributed by atoms with Crippen LogP contribution in [0, 0.1) is 5.82 Å². The molecule has 0 unspecified atom stereocenters. The first-order valence-electron chi connectivity index (χ1n) is 11.4. The SMILES string of the molecule is O=C(CCCCNC(=O)OCC1c2ccccc2-c2ccccc21)Nc1c(F)cccc1C(=O)O. The number of benzene rings is 3. The molecule has 3 aromatic carbocycles. The Kier molecular flexibility index (Phi) is 7.40. The van der Waals surface area contributed by atoms with Gasteiger partial charge in [-0.1, -0.05) is 54.6 Å². The number of carboxylic acid groups (broad SMARTS) is 1. The van der Waals surface area contributed by atoms with E-state index >= 15 is 0 Å². The summed E-state index contributed by atoms with van der Waals surface area (Å²) in [6, 6.07) is 19.7. The molecule has 35 heavy (non-hydrogen) atoms. The van der Waals surface area contributed by atoms with E-state index in [2.05, 4.69) is 22.8 Å². The summed E-state index contributed by atoms with van der Waals surface area (Å²) in [5.41, 5.74) is 3.92. The molecule has 1 aliphatic carbocycles. The lowest BCUT2D eigenvalue weighted by molar-refractivity contribution is -0.116. The van der Waals surface area contributed by atoms with Crippen LogP contribution in [0.25, 0.3) is 11.1 Å². The smallest absolute Gasteiger partial charge is 0.407 e. The Morgan fingerprint density at radius 3 is 2.20 bits per heavy atom. The van der Waals surface area contributed by atoms with Crippen molar-refractivity contribution in [1.29, 1.82) is 0 Å². The Hall–Kier alpha value is -4.20. The van der Waals surface area contributed by atoms with Crippen LogP contribution >= 0.6 is 0 Å². The maximum Gasteiger partial charge on any atom is 0.407 e. The van der Waals surface area contributed by atoms with Gasteiger partial charge >= 0.3 is 12.1 Å². The second-order valence-electron chi connectivity index (χ2n) is 8.23. The number of halogens is 1. The quantitative estimate of drug-likeness (QED) is 0.370. The number of para-hydroxylation sites is 1. The second-order valence-corrected chi connectivity index (χ2v) is 8.23. The third kappa shape index (κ3) is 5.48. The van der Waals surface area contributed by atoms with Crippen molar-refractivity contribution in [2.45, 2.75) is 25.2 Å². The molecule has 0 saturated heterocycles. The third-order valence-corrected chi connectivity index (χ3v) is 5.95. The number of rotatable bonds is 9. The van der Waals surface area contributed by atoms with Crippen molar-refractivity contribution in [2.75, 3.05) is 18.5 Å². The number of carbonyl (C=O) groups excluding carboxylic acids is 2. The van der Waals surface area contributed by atoms with Crippen molar-refractivity contribution in [3.63, 3.8) is 0 Å². The highest BCUT2D eigenvalue weighted by Crippen LogP contribution is 2.44. The molecule has 0 saturated carbocycles. The van der Waals surface area contributed by atoms with Gasteiger partial charge in [0.05, 0.1) is 11.3 Å². The van der Waals surface area contributed by atoms with Crippen molar-refractivity contribution in [2.24, 2.45) is 0 Å². The van der Waals surface area contributed by atoms with E-state index in [1.165, 1.54) is 12.1 Å². The minimum atomic E-state index is -1.33. The molecule has 0 bridgehead atoms. The van der Waals surface area contributed by atoms with Crippen molar-refractivity contribution in [1.82, 2.24) is 5.32 Å². The second kappa shape index (κ2) is 10.8. The number of aromatic carboxylic acids is 1. The Morgan fingerprint density at radius 1 is 0.886 bits per heavy atom. The third-order valence-electron chi connectivity index (χ3n) is 5.95. The van der Waals surface area contributed by atoms with Gasteiger partial charge in [0.1, 0.15) is 12.4 Å². The number of anilines is 1. The van der Waals surface area contributed by atoms with Gasteiger partial charge in [0.15, 0.2) is 0 Å². The molecule has 0 aromatic heterocycles. The number of nitrogens with one attached hydrogen (secondary N) is 2. The summed E-state index contributed by atoms with van der Waals surface area (Å²) in [5, 5.41) is 14.1. The lowest BCUT2D eigenvalue weighted by Gasteiger charge is -2.14. The number of alkyl carbamates (subject to hydrolysis) is 1. The first-order chi connectivity index (χ1) is 17.0. The zero-order valence-electron chi connectivity index (χ0n) is 18.9. The fraction of sp³-hybridized carbons (Fsp3) is 0.222. The molecule has 0 spiro atoms. The Labute approximate surface area is 201 Å². The summed E-state index contributed by atoms with van der Waals surface area (Å²) < 4.78 is 19.4. The summed E-state index contributed by atoms with van der Waals surface area (Å²) in [6.07, 6.45) is 0.445. The molecule has 2 amide bonds. The molecule has 8 heteroatoms. The van der Waals surface area contributed by atoms with Crippen molar-refractivity contribution < 1.29 is 28.6 Å². The number of ether oxygens (including phenoxy) is 1. The van der Waals surface area contributed by atoms with Crippen LogP contribution in [-0.4, -0.2) is 36.2 Å². The summed E-state index contributed by atoms with van der Waals surface area (Å²) in [4.78, 5) is 35.5. The number of hydrogen-bond acceptors (Lipinski definition) is 4. The zero-order chi connectivity index (χ0) is 24.8. The van der Waals surface area contributed by atoms with Crippen molar-refractivity contribution in [3.8, 4) is 11.1 Å². The van der Waals surface area contributed by atoms with Gasteiger partial charge in [-0.15, -0.1) is 0 Å². The van der Waals surface area contributed by atoms with Gasteiger partial charge in [0.2, 0.25) is 5.91 Å². The number of unbranched alkanes of at least 4 members (excludes halogenated alkanes) is 1. The van der Waals surface area contributed by atoms with Gasteiger partial charge in [-0.05, 0) is 47.2 Å². The van der Waals surface area contributed by atoms with Gasteiger partial charge in [0, 0.05) is 18.9 Å². The molecule has 4 rings (SSSR count). The van der Waals surface area contributed by atoms with Gasteiger partial charge in [-0.2, -0.15) is 0 Å². The molecule has 0 aliphatic heterocycles. The van der Waals surface area contributed by atoms with Crippen LogP contribution < -0.4 is 10.6 Å². The van der Waals surface area contributed by atoms with Crippen LogP contribution in [0.2, 0.25) is 0 Å². The number of hydrogen-bond donors (Lipinski definition) is 3. The van der Waals surface area contributed by atoms with E-state index in [-0.39, 0.29) is 30.2 Å². The van der Waals surface area contributed by atoms with Crippen LogP contribution in [0.4, 0.5) is 14.9 Å². The molecule has 180 valence electrons. The fourth-order valence-electron chi connectivity index (χ4n) is 4.28. The number of fused-ring (bicyclic) bond motifs is 3. The van der Waals surface area contributed by atoms with E-state index in [9.17, 15) is 18.8 Å². The number of carboxylic acids is 1. The first kappa shape index (κ1) is 23.9. The summed E-state index contributed by atoms with van der Waals surface area (Å²) >= 11 is 0. The lowest BCUT2D eigenvalue weighted by atomic mass is 9.98. The highest BCUT2D eigenvalue weighted by atomic mass is 19.1. The largest absolute Gasteiger partial charge is 0.478 e. The number of amides is 2. The topological polar surface area (TPSA) is 105 Å². The minimum absolute atomic E-state index is 0.0223. The summed E-state index contributed by atoms with van der Waals surface area (Å²) in [7, 11) is 0. The number of carbonyl (C=O) groups is 3. The van der Waals surface area contributed by atoms with Crippen LogP contribution in [0.15, 0.2) is 66.7 Å². The van der Waals surface area contributed by atoms with E-state index in [1.54, 1.807) is 0 Å². The van der Waals surface area contributed by atoms with Crippen LogP contribution in [0.3, 0.4) is 0 Å². The predicted octanol–water partition coefficient (Wildman–Crippen LogP) is 5.17. The van der Waals surface area contributed by atoms with Crippen molar-refractivity contribution >= 4 is 23.7 Å². The standard InChI is InChI=1S/C27H25FN2O5/c28-23-13-7-12-21(26(32)33)25(23)30-24(31)14-5-6-15-29-27(34)35-16-22-19-10-3-1-8-17(19)18-9-2-4-11-20(18)22/h1-4,7-13,22H,5-6,14-16H2,(H,29,34)(H,30,31)(H,32,33). The van der Waals surface area contributed by atoms with E-state index in [0.717, 1.165) is 28.3 Å².